The third-order valence-corrected chi connectivity index (χ3v) is 10.1. The van der Waals surface area contributed by atoms with Crippen LogP contribution in [0.5, 0.6) is 0 Å². The number of rotatable bonds is 8. The van der Waals surface area contributed by atoms with Crippen molar-refractivity contribution in [2.75, 3.05) is 32.8 Å². The molecule has 1 rings (SSSR count). The number of hydrogen-bond acceptors (Lipinski definition) is 3. The van der Waals surface area contributed by atoms with E-state index in [0.29, 0.717) is 5.54 Å². The van der Waals surface area contributed by atoms with Crippen molar-refractivity contribution in [3.63, 3.8) is 0 Å². The van der Waals surface area contributed by atoms with Crippen LogP contribution in [0.15, 0.2) is 0 Å². The van der Waals surface area contributed by atoms with Gasteiger partial charge in [-0.3, -0.25) is 4.90 Å². The molecule has 5 heteroatoms. The van der Waals surface area contributed by atoms with Crippen LogP contribution in [-0.4, -0.2) is 70.9 Å². The van der Waals surface area contributed by atoms with Gasteiger partial charge in [-0.1, -0.05) is 19.5 Å². The molecule has 0 bridgehead atoms. The van der Waals surface area contributed by atoms with E-state index >= 15 is 0 Å². The Bertz CT molecular complexity index is 342. The lowest BCUT2D eigenvalue weighted by molar-refractivity contribution is 0.0459. The van der Waals surface area contributed by atoms with Crippen LogP contribution >= 0.6 is 0 Å². The van der Waals surface area contributed by atoms with Gasteiger partial charge in [0, 0.05) is 37.4 Å². The molecule has 0 aromatic carbocycles. The Labute approximate surface area is 148 Å². The molecule has 0 amide bonds. The molecule has 1 fully saturated rings. The molecule has 0 spiro atoms. The summed E-state index contributed by atoms with van der Waals surface area (Å²) in [6.45, 7) is 25.0. The molecule has 0 aromatic heterocycles. The monoisotopic (exact) mass is 358 g/mol. The van der Waals surface area contributed by atoms with Gasteiger partial charge >= 0.3 is 0 Å². The first-order valence-electron chi connectivity index (χ1n) is 9.70. The summed E-state index contributed by atoms with van der Waals surface area (Å²) in [5, 5.41) is 0. The Balaban J connectivity index is 2.44. The van der Waals surface area contributed by atoms with E-state index < -0.39 is 17.1 Å². The molecular weight excluding hydrogens is 316 g/mol. The number of nitrogens with zero attached hydrogens (tertiary/aromatic N) is 2. The lowest BCUT2D eigenvalue weighted by Crippen LogP contribution is -2.61. The molecule has 3 nitrogen and oxygen atoms in total. The Morgan fingerprint density at radius 1 is 1.13 bits per heavy atom. The average molecular weight is 359 g/mol. The van der Waals surface area contributed by atoms with Crippen LogP contribution in [0.4, 0.5) is 0 Å². The zero-order valence-corrected chi connectivity index (χ0v) is 19.3. The predicted octanol–water partition coefficient (Wildman–Crippen LogP) is 3.82. The van der Waals surface area contributed by atoms with Crippen molar-refractivity contribution in [1.82, 2.24) is 9.80 Å². The van der Waals surface area contributed by atoms with Crippen LogP contribution in [-0.2, 0) is 4.43 Å². The second-order valence-electron chi connectivity index (χ2n) is 9.11. The molecule has 1 unspecified atom stereocenters. The third-order valence-electron chi connectivity index (χ3n) is 5.26. The maximum atomic E-state index is 5.96. The van der Waals surface area contributed by atoms with Crippen LogP contribution in [0.1, 0.15) is 40.5 Å². The van der Waals surface area contributed by atoms with Crippen molar-refractivity contribution in [1.29, 1.82) is 0 Å². The molecular formula is C18H42N2OSi2. The van der Waals surface area contributed by atoms with Crippen molar-refractivity contribution in [2.24, 2.45) is 0 Å². The largest absolute Gasteiger partial charge is 0.418 e. The van der Waals surface area contributed by atoms with Gasteiger partial charge < -0.3 is 9.33 Å². The SMILES string of the molecule is CCO[Si](C)(C)CCCCN1CCN(C(C)(C)C)CC1[SiH](C)C. The van der Waals surface area contributed by atoms with Gasteiger partial charge in [0.05, 0.1) is 8.80 Å². The number of unbranched alkanes of at least 4 members (excludes halogenated alkanes) is 1. The molecule has 0 aromatic rings. The lowest BCUT2D eigenvalue weighted by Gasteiger charge is -2.48. The minimum atomic E-state index is -1.38. The van der Waals surface area contributed by atoms with E-state index in [2.05, 4.69) is 63.7 Å². The topological polar surface area (TPSA) is 15.7 Å². The molecule has 1 aliphatic heterocycles. The summed E-state index contributed by atoms with van der Waals surface area (Å²) in [7, 11) is -2.03. The molecule has 138 valence electrons. The van der Waals surface area contributed by atoms with E-state index in [4.69, 9.17) is 4.43 Å². The Morgan fingerprint density at radius 3 is 2.30 bits per heavy atom. The Kier molecular flexibility index (Phi) is 8.48. The van der Waals surface area contributed by atoms with E-state index in [9.17, 15) is 0 Å². The highest BCUT2D eigenvalue weighted by molar-refractivity contribution is 6.71. The van der Waals surface area contributed by atoms with Gasteiger partial charge in [-0.15, -0.1) is 0 Å². The fourth-order valence-corrected chi connectivity index (χ4v) is 7.54. The third kappa shape index (κ3) is 7.38. The van der Waals surface area contributed by atoms with Gasteiger partial charge in [-0.05, 0) is 59.8 Å². The van der Waals surface area contributed by atoms with Crippen LogP contribution < -0.4 is 0 Å². The van der Waals surface area contributed by atoms with Gasteiger partial charge in [0.25, 0.3) is 0 Å². The fourth-order valence-electron chi connectivity index (χ4n) is 3.70. The van der Waals surface area contributed by atoms with Crippen molar-refractivity contribution in [3.8, 4) is 0 Å². The van der Waals surface area contributed by atoms with E-state index in [1.165, 1.54) is 45.1 Å². The number of hydrogen-bond donors (Lipinski definition) is 0. The first kappa shape index (κ1) is 21.4. The summed E-state index contributed by atoms with van der Waals surface area (Å²) < 4.78 is 5.96. The minimum absolute atomic E-state index is 0.320. The average Bonchev–Trinajstić information content (AvgIpc) is 2.42. The van der Waals surface area contributed by atoms with E-state index in [0.717, 1.165) is 12.3 Å². The summed E-state index contributed by atoms with van der Waals surface area (Å²) in [5.41, 5.74) is 1.17. The molecule has 1 aliphatic rings. The van der Waals surface area contributed by atoms with Gasteiger partial charge in [0.2, 0.25) is 0 Å². The summed E-state index contributed by atoms with van der Waals surface area (Å²) in [6.07, 6.45) is 2.68. The van der Waals surface area contributed by atoms with E-state index in [-0.39, 0.29) is 0 Å². The zero-order chi connectivity index (χ0) is 17.7. The molecule has 0 aliphatic carbocycles. The van der Waals surface area contributed by atoms with Crippen LogP contribution in [0.2, 0.25) is 32.2 Å². The van der Waals surface area contributed by atoms with E-state index in [1.54, 1.807) is 0 Å². The zero-order valence-electron chi connectivity index (χ0n) is 17.1. The molecule has 23 heavy (non-hydrogen) atoms. The molecule has 1 saturated heterocycles. The van der Waals surface area contributed by atoms with Crippen LogP contribution in [0.25, 0.3) is 0 Å². The highest BCUT2D eigenvalue weighted by Gasteiger charge is 2.33. The van der Waals surface area contributed by atoms with Crippen molar-refractivity contribution < 1.29 is 4.43 Å². The van der Waals surface area contributed by atoms with Crippen molar-refractivity contribution >= 4 is 17.1 Å². The lowest BCUT2D eigenvalue weighted by atomic mass is 10.0. The van der Waals surface area contributed by atoms with Gasteiger partial charge in [0.15, 0.2) is 8.32 Å². The normalized spacial score (nSPS) is 22.0. The predicted molar refractivity (Wildman–Crippen MR) is 109 cm³/mol. The molecule has 1 heterocycles. The highest BCUT2D eigenvalue weighted by atomic mass is 28.4. The van der Waals surface area contributed by atoms with Crippen LogP contribution in [0, 0.1) is 0 Å². The fraction of sp³-hybridized carbons (Fsp3) is 1.00. The quantitative estimate of drug-likeness (QED) is 0.484. The van der Waals surface area contributed by atoms with Crippen LogP contribution in [0.3, 0.4) is 0 Å². The van der Waals surface area contributed by atoms with Crippen molar-refractivity contribution in [3.05, 3.63) is 0 Å². The second-order valence-corrected chi connectivity index (χ2v) is 16.7. The molecule has 1 atom stereocenters. The maximum Gasteiger partial charge on any atom is 0.186 e. The summed E-state index contributed by atoms with van der Waals surface area (Å²) in [5.74, 6) is 0. The smallest absolute Gasteiger partial charge is 0.186 e. The van der Waals surface area contributed by atoms with Gasteiger partial charge in [0.1, 0.15) is 0 Å². The standard InChI is InChI=1S/C18H42N2OSi2/c1-9-21-23(7,8)15-11-10-12-19-13-14-20(18(2,3)4)16-17(19)22(5)6/h17,22H,9-16H2,1-8H3. The van der Waals surface area contributed by atoms with E-state index in [1.807, 2.05) is 0 Å². The first-order chi connectivity index (χ1) is 10.6. The summed E-state index contributed by atoms with van der Waals surface area (Å²) >= 11 is 0. The molecule has 0 saturated carbocycles. The minimum Gasteiger partial charge on any atom is -0.418 e. The summed E-state index contributed by atoms with van der Waals surface area (Å²) in [6, 6.07) is 1.31. The van der Waals surface area contributed by atoms with Crippen molar-refractivity contribution in [2.45, 2.75) is 84.0 Å². The molecule has 0 radical (unpaired) electrons. The van der Waals surface area contributed by atoms with Gasteiger partial charge in [-0.2, -0.15) is 0 Å². The molecule has 0 N–H and O–H groups in total. The first-order valence-corrected chi connectivity index (χ1v) is 15.8. The van der Waals surface area contributed by atoms with Gasteiger partial charge in [-0.25, -0.2) is 0 Å². The highest BCUT2D eigenvalue weighted by Crippen LogP contribution is 2.22. The second kappa shape index (κ2) is 9.13. The number of piperazine rings is 1. The maximum absolute atomic E-state index is 5.96. The summed E-state index contributed by atoms with van der Waals surface area (Å²) in [4.78, 5) is 5.51. The Hall–Kier alpha value is 0.314. The Morgan fingerprint density at radius 2 is 1.78 bits per heavy atom.